The molecule has 5 atom stereocenters. The van der Waals surface area contributed by atoms with Crippen molar-refractivity contribution in [1.29, 1.82) is 0 Å². The zero-order chi connectivity index (χ0) is 19.7. The molecule has 25 heavy (non-hydrogen) atoms. The van der Waals surface area contributed by atoms with E-state index < -0.39 is 0 Å². The topological polar surface area (TPSA) is 52.0 Å². The van der Waals surface area contributed by atoms with E-state index in [-0.39, 0.29) is 11.1 Å². The predicted octanol–water partition coefficient (Wildman–Crippen LogP) is 6.52. The van der Waals surface area contributed by atoms with Crippen molar-refractivity contribution in [2.75, 3.05) is 0 Å². The standard InChI is InChI=1S/C23H50N2/c1-9-18(4)16-21(22(6,7)24)15-13-12-14-20(19(5)10-2)17-23(8,25)11-3/h18-21H,9-17,24-25H2,1-8H3. The maximum absolute atomic E-state index is 6.48. The molecule has 5 unspecified atom stereocenters. The molecule has 0 amide bonds. The summed E-state index contributed by atoms with van der Waals surface area (Å²) in [7, 11) is 0. The van der Waals surface area contributed by atoms with Gasteiger partial charge in [-0.2, -0.15) is 0 Å². The van der Waals surface area contributed by atoms with E-state index in [9.17, 15) is 0 Å². The molecule has 0 fully saturated rings. The van der Waals surface area contributed by atoms with Crippen LogP contribution < -0.4 is 11.5 Å². The lowest BCUT2D eigenvalue weighted by atomic mass is 9.76. The Kier molecular flexibility index (Phi) is 11.6. The molecule has 4 N–H and O–H groups in total. The number of nitrogens with two attached hydrogens (primary N) is 2. The van der Waals surface area contributed by atoms with E-state index in [0.29, 0.717) is 5.92 Å². The van der Waals surface area contributed by atoms with Gasteiger partial charge in [-0.1, -0.05) is 66.7 Å². The first-order valence-corrected chi connectivity index (χ1v) is 11.0. The number of rotatable bonds is 14. The van der Waals surface area contributed by atoms with Crippen LogP contribution >= 0.6 is 0 Å². The molecule has 0 aliphatic carbocycles. The van der Waals surface area contributed by atoms with Crippen molar-refractivity contribution in [2.24, 2.45) is 35.1 Å². The number of unbranched alkanes of at least 4 members (excludes halogenated alkanes) is 1. The van der Waals surface area contributed by atoms with Crippen molar-refractivity contribution in [2.45, 2.75) is 124 Å². The van der Waals surface area contributed by atoms with E-state index in [1.165, 1.54) is 44.9 Å². The van der Waals surface area contributed by atoms with Gasteiger partial charge in [-0.3, -0.25) is 0 Å². The molecule has 0 saturated carbocycles. The predicted molar refractivity (Wildman–Crippen MR) is 115 cm³/mol. The second-order valence-electron chi connectivity index (χ2n) is 9.91. The first-order chi connectivity index (χ1) is 11.5. The third-order valence-electron chi connectivity index (χ3n) is 6.80. The fourth-order valence-corrected chi connectivity index (χ4v) is 3.91. The summed E-state index contributed by atoms with van der Waals surface area (Å²) >= 11 is 0. The van der Waals surface area contributed by atoms with Crippen LogP contribution in [0.5, 0.6) is 0 Å². The van der Waals surface area contributed by atoms with Gasteiger partial charge in [0.1, 0.15) is 0 Å². The molecule has 0 aliphatic heterocycles. The molecule has 0 aromatic heterocycles. The highest BCUT2D eigenvalue weighted by atomic mass is 14.7. The molecule has 0 saturated heterocycles. The van der Waals surface area contributed by atoms with Gasteiger partial charge in [0, 0.05) is 11.1 Å². The van der Waals surface area contributed by atoms with Crippen LogP contribution in [0, 0.1) is 23.7 Å². The number of hydrogen-bond donors (Lipinski definition) is 2. The Morgan fingerprint density at radius 2 is 1.40 bits per heavy atom. The molecule has 0 radical (unpaired) electrons. The van der Waals surface area contributed by atoms with E-state index >= 15 is 0 Å². The van der Waals surface area contributed by atoms with Gasteiger partial charge in [0.2, 0.25) is 0 Å². The first kappa shape index (κ1) is 24.9. The highest BCUT2D eigenvalue weighted by Gasteiger charge is 2.27. The van der Waals surface area contributed by atoms with Crippen LogP contribution in [0.2, 0.25) is 0 Å². The summed E-state index contributed by atoms with van der Waals surface area (Å²) < 4.78 is 0. The lowest BCUT2D eigenvalue weighted by Gasteiger charge is -2.34. The van der Waals surface area contributed by atoms with Crippen LogP contribution in [0.15, 0.2) is 0 Å². The Hall–Kier alpha value is -0.0800. The molecule has 2 heteroatoms. The fraction of sp³-hybridized carbons (Fsp3) is 1.00. The molecule has 2 nitrogen and oxygen atoms in total. The molecule has 0 spiro atoms. The summed E-state index contributed by atoms with van der Waals surface area (Å²) in [5, 5.41) is 0. The molecule has 0 rings (SSSR count). The van der Waals surface area contributed by atoms with Crippen LogP contribution in [-0.4, -0.2) is 11.1 Å². The summed E-state index contributed by atoms with van der Waals surface area (Å²) in [6.45, 7) is 18.2. The van der Waals surface area contributed by atoms with Gasteiger partial charge in [0.15, 0.2) is 0 Å². The van der Waals surface area contributed by atoms with Crippen LogP contribution in [0.4, 0.5) is 0 Å². The molecule has 0 bridgehead atoms. The Morgan fingerprint density at radius 3 is 1.84 bits per heavy atom. The summed E-state index contributed by atoms with van der Waals surface area (Å²) in [6, 6.07) is 0. The lowest BCUT2D eigenvalue weighted by molar-refractivity contribution is 0.218. The highest BCUT2D eigenvalue weighted by molar-refractivity contribution is 4.84. The highest BCUT2D eigenvalue weighted by Crippen LogP contribution is 2.32. The van der Waals surface area contributed by atoms with Gasteiger partial charge in [-0.05, 0) is 70.1 Å². The Balaban J connectivity index is 4.54. The quantitative estimate of drug-likeness (QED) is 0.349. The maximum Gasteiger partial charge on any atom is 0.0126 e. The van der Waals surface area contributed by atoms with E-state index in [0.717, 1.165) is 30.6 Å². The van der Waals surface area contributed by atoms with E-state index in [2.05, 4.69) is 55.4 Å². The van der Waals surface area contributed by atoms with Gasteiger partial charge >= 0.3 is 0 Å². The Labute approximate surface area is 159 Å². The largest absolute Gasteiger partial charge is 0.325 e. The van der Waals surface area contributed by atoms with Crippen molar-refractivity contribution >= 4 is 0 Å². The summed E-state index contributed by atoms with van der Waals surface area (Å²) in [6.07, 6.45) is 11.2. The minimum atomic E-state index is -0.0580. The van der Waals surface area contributed by atoms with E-state index in [1.807, 2.05) is 0 Å². The van der Waals surface area contributed by atoms with Gasteiger partial charge in [0.05, 0.1) is 0 Å². The van der Waals surface area contributed by atoms with Crippen molar-refractivity contribution in [3.8, 4) is 0 Å². The maximum atomic E-state index is 6.48. The van der Waals surface area contributed by atoms with Gasteiger partial charge in [-0.15, -0.1) is 0 Å². The average molecular weight is 355 g/mol. The van der Waals surface area contributed by atoms with E-state index in [4.69, 9.17) is 11.5 Å². The average Bonchev–Trinajstić information content (AvgIpc) is 2.54. The number of hydrogen-bond acceptors (Lipinski definition) is 2. The van der Waals surface area contributed by atoms with Crippen LogP contribution in [0.3, 0.4) is 0 Å². The summed E-state index contributed by atoms with van der Waals surface area (Å²) in [5.41, 5.74) is 12.9. The van der Waals surface area contributed by atoms with Crippen LogP contribution in [0.1, 0.15) is 113 Å². The molecule has 0 aliphatic rings. The third kappa shape index (κ3) is 10.6. The normalized spacial score (nSPS) is 19.9. The van der Waals surface area contributed by atoms with Crippen molar-refractivity contribution in [3.05, 3.63) is 0 Å². The van der Waals surface area contributed by atoms with Gasteiger partial charge < -0.3 is 11.5 Å². The fourth-order valence-electron chi connectivity index (χ4n) is 3.91. The van der Waals surface area contributed by atoms with Crippen LogP contribution in [-0.2, 0) is 0 Å². The molecular weight excluding hydrogens is 304 g/mol. The zero-order valence-electron chi connectivity index (χ0n) is 18.8. The molecule has 0 aromatic rings. The van der Waals surface area contributed by atoms with Gasteiger partial charge in [0.25, 0.3) is 0 Å². The summed E-state index contributed by atoms with van der Waals surface area (Å²) in [5.74, 6) is 2.96. The second-order valence-corrected chi connectivity index (χ2v) is 9.91. The third-order valence-corrected chi connectivity index (χ3v) is 6.80. The molecule has 0 heterocycles. The van der Waals surface area contributed by atoms with E-state index in [1.54, 1.807) is 0 Å². The molecule has 0 aromatic carbocycles. The Morgan fingerprint density at radius 1 is 0.840 bits per heavy atom. The molecular formula is C23H50N2. The first-order valence-electron chi connectivity index (χ1n) is 11.0. The monoisotopic (exact) mass is 354 g/mol. The van der Waals surface area contributed by atoms with Gasteiger partial charge in [-0.25, -0.2) is 0 Å². The minimum Gasteiger partial charge on any atom is -0.325 e. The summed E-state index contributed by atoms with van der Waals surface area (Å²) in [4.78, 5) is 0. The molecule has 152 valence electrons. The van der Waals surface area contributed by atoms with Crippen molar-refractivity contribution in [3.63, 3.8) is 0 Å². The van der Waals surface area contributed by atoms with Crippen molar-refractivity contribution < 1.29 is 0 Å². The minimum absolute atomic E-state index is 0.00750. The SMILES string of the molecule is CCC(C)CC(CCCCC(CC(C)(N)CC)C(C)CC)C(C)(C)N. The smallest absolute Gasteiger partial charge is 0.0126 e. The zero-order valence-corrected chi connectivity index (χ0v) is 18.8. The lowest BCUT2D eigenvalue weighted by Crippen LogP contribution is -2.41. The Bertz CT molecular complexity index is 329. The van der Waals surface area contributed by atoms with Crippen LogP contribution in [0.25, 0.3) is 0 Å². The second kappa shape index (κ2) is 11.6. The van der Waals surface area contributed by atoms with Crippen molar-refractivity contribution in [1.82, 2.24) is 0 Å².